The summed E-state index contributed by atoms with van der Waals surface area (Å²) in [6.45, 7) is 2.54. The number of hydrogen-bond donors (Lipinski definition) is 0. The molecule has 5 heteroatoms. The summed E-state index contributed by atoms with van der Waals surface area (Å²) >= 11 is 3.43. The summed E-state index contributed by atoms with van der Waals surface area (Å²) < 4.78 is 0. The molecular formula is C9H10BrN3O. The van der Waals surface area contributed by atoms with E-state index in [0.29, 0.717) is 18.8 Å². The van der Waals surface area contributed by atoms with Gasteiger partial charge in [0.25, 0.3) is 0 Å². The smallest absolute Gasteiger partial charge is 0.229 e. The largest absolute Gasteiger partial charge is 0.294 e. The van der Waals surface area contributed by atoms with E-state index in [1.54, 1.807) is 17.3 Å². The van der Waals surface area contributed by atoms with Gasteiger partial charge in [-0.15, -0.1) is 0 Å². The first kappa shape index (κ1) is 9.58. The molecule has 1 aliphatic rings. The second-order valence-electron chi connectivity index (χ2n) is 3.27. The molecule has 1 aromatic rings. The minimum atomic E-state index is 0.107. The molecule has 74 valence electrons. The molecule has 0 aromatic carbocycles. The molecule has 4 nitrogen and oxygen atoms in total. The lowest BCUT2D eigenvalue weighted by molar-refractivity contribution is -0.117. The second kappa shape index (κ2) is 3.65. The third-order valence-corrected chi connectivity index (χ3v) is 2.80. The first-order chi connectivity index (χ1) is 6.68. The first-order valence-corrected chi connectivity index (χ1v) is 5.32. The molecule has 1 aliphatic heterocycles. The van der Waals surface area contributed by atoms with Gasteiger partial charge in [-0.3, -0.25) is 14.7 Å². The van der Waals surface area contributed by atoms with Crippen molar-refractivity contribution in [2.24, 2.45) is 0 Å². The fourth-order valence-corrected chi connectivity index (χ4v) is 2.10. The molecule has 0 N–H and O–H groups in total. The number of halogens is 1. The maximum Gasteiger partial charge on any atom is 0.229 e. The zero-order chi connectivity index (χ0) is 10.1. The van der Waals surface area contributed by atoms with Crippen LogP contribution in [-0.2, 0) is 4.79 Å². The predicted molar refractivity (Wildman–Crippen MR) is 56.5 cm³/mol. The van der Waals surface area contributed by atoms with Gasteiger partial charge in [0.15, 0.2) is 5.82 Å². The monoisotopic (exact) mass is 255 g/mol. The van der Waals surface area contributed by atoms with Crippen molar-refractivity contribution in [3.63, 3.8) is 0 Å². The molecule has 1 fully saturated rings. The van der Waals surface area contributed by atoms with Gasteiger partial charge in [0.1, 0.15) is 0 Å². The molecule has 14 heavy (non-hydrogen) atoms. The van der Waals surface area contributed by atoms with Crippen molar-refractivity contribution in [2.75, 3.05) is 11.4 Å². The number of carbonyl (C=O) groups is 1. The summed E-state index contributed by atoms with van der Waals surface area (Å²) in [6.07, 6.45) is 3.78. The number of amides is 1. The van der Waals surface area contributed by atoms with Crippen LogP contribution < -0.4 is 4.90 Å². The Morgan fingerprint density at radius 2 is 2.21 bits per heavy atom. The minimum absolute atomic E-state index is 0.107. The van der Waals surface area contributed by atoms with Gasteiger partial charge in [0.2, 0.25) is 5.91 Å². The number of alkyl halides is 1. The summed E-state index contributed by atoms with van der Waals surface area (Å²) in [5.74, 6) is 0.787. The standard InChI is InChI=1S/C9H10BrN3O/c1-6-9(12-3-2-11-6)13-5-7(10)4-8(13)14/h2-3,7H,4-5H2,1H3. The van der Waals surface area contributed by atoms with E-state index >= 15 is 0 Å². The van der Waals surface area contributed by atoms with Crippen LogP contribution in [0.3, 0.4) is 0 Å². The third-order valence-electron chi connectivity index (χ3n) is 2.19. The highest BCUT2D eigenvalue weighted by molar-refractivity contribution is 9.09. The summed E-state index contributed by atoms with van der Waals surface area (Å²) in [4.78, 5) is 21.8. The number of nitrogens with zero attached hydrogens (tertiary/aromatic N) is 3. The normalized spacial score (nSPS) is 21.7. The Hall–Kier alpha value is -0.970. The van der Waals surface area contributed by atoms with Crippen molar-refractivity contribution in [1.29, 1.82) is 0 Å². The van der Waals surface area contributed by atoms with E-state index in [9.17, 15) is 4.79 Å². The van der Waals surface area contributed by atoms with Gasteiger partial charge in [-0.05, 0) is 6.92 Å². The van der Waals surface area contributed by atoms with E-state index in [1.165, 1.54) is 0 Å². The molecule has 0 bridgehead atoms. The summed E-state index contributed by atoms with van der Waals surface area (Å²) in [5, 5.41) is 0. The van der Waals surface area contributed by atoms with Crippen LogP contribution in [0.1, 0.15) is 12.1 Å². The third kappa shape index (κ3) is 1.64. The summed E-state index contributed by atoms with van der Waals surface area (Å²) in [7, 11) is 0. The van der Waals surface area contributed by atoms with E-state index in [2.05, 4.69) is 25.9 Å². The van der Waals surface area contributed by atoms with Crippen molar-refractivity contribution in [3.8, 4) is 0 Å². The van der Waals surface area contributed by atoms with Crippen molar-refractivity contribution in [1.82, 2.24) is 9.97 Å². The Morgan fingerprint density at radius 3 is 2.79 bits per heavy atom. The van der Waals surface area contributed by atoms with Crippen LogP contribution in [0, 0.1) is 6.92 Å². The highest BCUT2D eigenvalue weighted by Crippen LogP contribution is 2.24. The number of aryl methyl sites for hydroxylation is 1. The summed E-state index contributed by atoms with van der Waals surface area (Å²) in [6, 6.07) is 0. The topological polar surface area (TPSA) is 46.1 Å². The lowest BCUT2D eigenvalue weighted by Gasteiger charge is -2.15. The van der Waals surface area contributed by atoms with E-state index in [1.807, 2.05) is 6.92 Å². The molecular weight excluding hydrogens is 246 g/mol. The highest BCUT2D eigenvalue weighted by atomic mass is 79.9. The lowest BCUT2D eigenvalue weighted by atomic mass is 10.4. The van der Waals surface area contributed by atoms with Crippen molar-refractivity contribution < 1.29 is 4.79 Å². The van der Waals surface area contributed by atoms with Gasteiger partial charge in [-0.1, -0.05) is 15.9 Å². The van der Waals surface area contributed by atoms with E-state index < -0.39 is 0 Å². The number of hydrogen-bond acceptors (Lipinski definition) is 3. The molecule has 0 aliphatic carbocycles. The lowest BCUT2D eigenvalue weighted by Crippen LogP contribution is -2.26. The molecule has 1 saturated heterocycles. The maximum absolute atomic E-state index is 11.6. The molecule has 1 amide bonds. The van der Waals surface area contributed by atoms with Gasteiger partial charge in [0.05, 0.1) is 5.69 Å². The Bertz CT molecular complexity index is 369. The zero-order valence-electron chi connectivity index (χ0n) is 7.77. The second-order valence-corrected chi connectivity index (χ2v) is 4.57. The molecule has 2 heterocycles. The van der Waals surface area contributed by atoms with Crippen LogP contribution in [-0.4, -0.2) is 27.2 Å². The number of carbonyl (C=O) groups excluding carboxylic acids is 1. The molecule has 0 radical (unpaired) electrons. The van der Waals surface area contributed by atoms with Crippen molar-refractivity contribution in [3.05, 3.63) is 18.1 Å². The average Bonchev–Trinajstić information content (AvgIpc) is 2.46. The Kier molecular flexibility index (Phi) is 2.50. The Balaban J connectivity index is 2.32. The van der Waals surface area contributed by atoms with Crippen LogP contribution in [0.4, 0.5) is 5.82 Å². The minimum Gasteiger partial charge on any atom is -0.294 e. The van der Waals surface area contributed by atoms with Crippen molar-refractivity contribution >= 4 is 27.7 Å². The quantitative estimate of drug-likeness (QED) is 0.711. The summed E-state index contributed by atoms with van der Waals surface area (Å²) in [5.41, 5.74) is 0.794. The SMILES string of the molecule is Cc1nccnc1N1CC(Br)CC1=O. The zero-order valence-corrected chi connectivity index (χ0v) is 9.36. The van der Waals surface area contributed by atoms with Crippen molar-refractivity contribution in [2.45, 2.75) is 18.2 Å². The van der Waals surface area contributed by atoms with Crippen LogP contribution in [0.5, 0.6) is 0 Å². The molecule has 1 unspecified atom stereocenters. The number of aromatic nitrogens is 2. The molecule has 1 aromatic heterocycles. The Morgan fingerprint density at radius 1 is 1.50 bits per heavy atom. The van der Waals surface area contributed by atoms with Crippen LogP contribution in [0.15, 0.2) is 12.4 Å². The van der Waals surface area contributed by atoms with Gasteiger partial charge in [-0.2, -0.15) is 0 Å². The number of rotatable bonds is 1. The van der Waals surface area contributed by atoms with Gasteiger partial charge >= 0.3 is 0 Å². The van der Waals surface area contributed by atoms with E-state index in [0.717, 1.165) is 5.69 Å². The fourth-order valence-electron chi connectivity index (χ4n) is 1.53. The van der Waals surface area contributed by atoms with Crippen LogP contribution in [0.2, 0.25) is 0 Å². The fraction of sp³-hybridized carbons (Fsp3) is 0.444. The highest BCUT2D eigenvalue weighted by Gasteiger charge is 2.30. The maximum atomic E-state index is 11.6. The average molecular weight is 256 g/mol. The molecule has 1 atom stereocenters. The predicted octanol–water partition coefficient (Wildman–Crippen LogP) is 1.29. The van der Waals surface area contributed by atoms with Crippen LogP contribution in [0.25, 0.3) is 0 Å². The van der Waals surface area contributed by atoms with Gasteiger partial charge < -0.3 is 0 Å². The van der Waals surface area contributed by atoms with Crippen LogP contribution >= 0.6 is 15.9 Å². The molecule has 2 rings (SSSR count). The molecule has 0 saturated carbocycles. The number of anilines is 1. The van der Waals surface area contributed by atoms with Gasteiger partial charge in [-0.25, -0.2) is 4.98 Å². The Labute approximate surface area is 90.5 Å². The van der Waals surface area contributed by atoms with Gasteiger partial charge in [0, 0.05) is 30.2 Å². The van der Waals surface area contributed by atoms with E-state index in [-0.39, 0.29) is 10.7 Å². The van der Waals surface area contributed by atoms with E-state index in [4.69, 9.17) is 0 Å². The first-order valence-electron chi connectivity index (χ1n) is 4.40. The molecule has 0 spiro atoms.